The molecule has 5 aromatic carbocycles. The fourth-order valence-electron chi connectivity index (χ4n) is 9.08. The average molecular weight is 925 g/mol. The van der Waals surface area contributed by atoms with Crippen molar-refractivity contribution in [1.29, 1.82) is 0 Å². The Kier molecular flexibility index (Phi) is 14.0. The molecule has 352 valence electrons. The van der Waals surface area contributed by atoms with Gasteiger partial charge in [0.1, 0.15) is 19.8 Å². The minimum absolute atomic E-state index is 0.00556. The fraction of sp³-hybridized carbons (Fsp3) is 0.269. The number of carbonyl (C=O) groups excluding carboxylic acids is 4. The van der Waals surface area contributed by atoms with Gasteiger partial charge in [0, 0.05) is 32.3 Å². The minimum Gasteiger partial charge on any atom is -0.504 e. The SMILES string of the molecule is C=CCOC(=O)N1c2cc(O)c(OC)cc2C(=O)N2Cc3ccccc3C[C@H]2C1OC.C=CCOC(=O)N1c2cc(OCc3ccccc3)c(OC)cc2C(=O)N2Cc3ccccc3C[C@H]2C1O. The summed E-state index contributed by atoms with van der Waals surface area (Å²) in [5, 5.41) is 22.0. The Bertz CT molecular complexity index is 2730. The van der Waals surface area contributed by atoms with Crippen LogP contribution in [0.2, 0.25) is 0 Å². The predicted molar refractivity (Wildman–Crippen MR) is 251 cm³/mol. The second-order valence-corrected chi connectivity index (χ2v) is 16.3. The highest BCUT2D eigenvalue weighted by molar-refractivity contribution is 6.07. The molecule has 0 aliphatic carbocycles. The molecule has 9 rings (SSSR count). The normalized spacial score (nSPS) is 18.8. The zero-order valence-electron chi connectivity index (χ0n) is 37.9. The summed E-state index contributed by atoms with van der Waals surface area (Å²) < 4.78 is 33.2. The van der Waals surface area contributed by atoms with E-state index < -0.39 is 36.7 Å². The average Bonchev–Trinajstić information content (AvgIpc) is 3.51. The van der Waals surface area contributed by atoms with E-state index in [1.54, 1.807) is 21.9 Å². The summed E-state index contributed by atoms with van der Waals surface area (Å²) in [4.78, 5) is 59.6. The van der Waals surface area contributed by atoms with Crippen LogP contribution in [0.3, 0.4) is 0 Å². The van der Waals surface area contributed by atoms with E-state index in [1.165, 1.54) is 50.5 Å². The van der Waals surface area contributed by atoms with Gasteiger partial charge in [0.2, 0.25) is 0 Å². The first-order valence-electron chi connectivity index (χ1n) is 21.9. The summed E-state index contributed by atoms with van der Waals surface area (Å²) in [6, 6.07) is 30.0. The van der Waals surface area contributed by atoms with Crippen molar-refractivity contribution in [2.24, 2.45) is 0 Å². The number of rotatable bonds is 10. The summed E-state index contributed by atoms with van der Waals surface area (Å²) in [7, 11) is 4.37. The maximum atomic E-state index is 13.9. The highest BCUT2D eigenvalue weighted by Crippen LogP contribution is 2.43. The molecule has 4 amide bonds. The third-order valence-corrected chi connectivity index (χ3v) is 12.4. The van der Waals surface area contributed by atoms with Crippen LogP contribution in [0.15, 0.2) is 128 Å². The molecule has 2 N–H and O–H groups in total. The number of hydrogen-bond acceptors (Lipinski definition) is 12. The predicted octanol–water partition coefficient (Wildman–Crippen LogP) is 7.39. The van der Waals surface area contributed by atoms with E-state index in [4.69, 9.17) is 28.4 Å². The van der Waals surface area contributed by atoms with Gasteiger partial charge in [-0.1, -0.05) is 104 Å². The minimum atomic E-state index is -1.36. The number of hydrogen-bond donors (Lipinski definition) is 2. The molecule has 0 bridgehead atoms. The highest BCUT2D eigenvalue weighted by Gasteiger charge is 2.47. The number of anilines is 2. The lowest BCUT2D eigenvalue weighted by molar-refractivity contribution is 0.00854. The van der Waals surface area contributed by atoms with Crippen LogP contribution in [-0.2, 0) is 46.7 Å². The zero-order valence-corrected chi connectivity index (χ0v) is 37.9. The number of fused-ring (bicyclic) bond motifs is 6. The van der Waals surface area contributed by atoms with Gasteiger partial charge in [0.05, 0.1) is 48.8 Å². The maximum absolute atomic E-state index is 13.9. The van der Waals surface area contributed by atoms with Crippen molar-refractivity contribution >= 4 is 35.4 Å². The van der Waals surface area contributed by atoms with Crippen LogP contribution in [0.4, 0.5) is 21.0 Å². The van der Waals surface area contributed by atoms with Gasteiger partial charge in [-0.2, -0.15) is 0 Å². The van der Waals surface area contributed by atoms with E-state index in [9.17, 15) is 29.4 Å². The van der Waals surface area contributed by atoms with Gasteiger partial charge in [-0.15, -0.1) is 0 Å². The molecule has 0 aromatic heterocycles. The van der Waals surface area contributed by atoms with Crippen molar-refractivity contribution in [3.05, 3.63) is 167 Å². The molecule has 16 heteroatoms. The van der Waals surface area contributed by atoms with Crippen LogP contribution < -0.4 is 24.0 Å². The van der Waals surface area contributed by atoms with Crippen molar-refractivity contribution in [1.82, 2.24) is 9.80 Å². The number of methoxy groups -OCH3 is 3. The van der Waals surface area contributed by atoms with Crippen LogP contribution >= 0.6 is 0 Å². The second-order valence-electron chi connectivity index (χ2n) is 16.3. The van der Waals surface area contributed by atoms with E-state index in [1.807, 2.05) is 78.9 Å². The Morgan fingerprint density at radius 3 is 1.71 bits per heavy atom. The molecule has 0 spiro atoms. The Labute approximate surface area is 393 Å². The third-order valence-electron chi connectivity index (χ3n) is 12.4. The highest BCUT2D eigenvalue weighted by atomic mass is 16.6. The second kappa shape index (κ2) is 20.4. The van der Waals surface area contributed by atoms with E-state index >= 15 is 0 Å². The van der Waals surface area contributed by atoms with Gasteiger partial charge in [-0.05, 0) is 52.8 Å². The van der Waals surface area contributed by atoms with Crippen LogP contribution in [0.1, 0.15) is 48.5 Å². The Morgan fingerprint density at radius 2 is 1.15 bits per heavy atom. The Morgan fingerprint density at radius 1 is 0.647 bits per heavy atom. The van der Waals surface area contributed by atoms with Crippen LogP contribution in [0.5, 0.6) is 23.0 Å². The number of phenolic OH excluding ortho intramolecular Hbond substituents is 1. The molecule has 68 heavy (non-hydrogen) atoms. The first-order chi connectivity index (χ1) is 33.0. The molecule has 2 unspecified atom stereocenters. The number of nitrogens with zero attached hydrogens (tertiary/aromatic N) is 4. The van der Waals surface area contributed by atoms with Crippen molar-refractivity contribution in [3.8, 4) is 23.0 Å². The number of carbonyl (C=O) groups is 4. The summed E-state index contributed by atoms with van der Waals surface area (Å²) in [6.07, 6.45) is 0.111. The number of aliphatic hydroxyl groups is 1. The monoisotopic (exact) mass is 924 g/mol. The summed E-state index contributed by atoms with van der Waals surface area (Å²) in [5.41, 5.74) is 5.89. The number of amides is 4. The van der Waals surface area contributed by atoms with Gasteiger partial charge in [0.25, 0.3) is 11.8 Å². The molecule has 0 saturated heterocycles. The lowest BCUT2D eigenvalue weighted by Gasteiger charge is -2.41. The van der Waals surface area contributed by atoms with Crippen LogP contribution in [0, 0.1) is 0 Å². The maximum Gasteiger partial charge on any atom is 0.416 e. The molecule has 4 atom stereocenters. The largest absolute Gasteiger partial charge is 0.504 e. The molecule has 4 heterocycles. The molecule has 0 radical (unpaired) electrons. The smallest absolute Gasteiger partial charge is 0.416 e. The Balaban J connectivity index is 0.000000187. The first kappa shape index (κ1) is 46.7. The lowest BCUT2D eigenvalue weighted by Crippen LogP contribution is -2.56. The first-order valence-corrected chi connectivity index (χ1v) is 21.9. The number of benzene rings is 5. The number of aromatic hydroxyl groups is 1. The van der Waals surface area contributed by atoms with Crippen LogP contribution in [-0.4, -0.2) is 103 Å². The Hall–Kier alpha value is -7.82. The fourth-order valence-corrected chi connectivity index (χ4v) is 9.08. The third kappa shape index (κ3) is 9.03. The van der Waals surface area contributed by atoms with Crippen LogP contribution in [0.25, 0.3) is 0 Å². The number of ether oxygens (including phenoxy) is 6. The molecular formula is C52H52N4O12. The van der Waals surface area contributed by atoms with Gasteiger partial charge in [0.15, 0.2) is 35.5 Å². The van der Waals surface area contributed by atoms with Crippen molar-refractivity contribution < 1.29 is 57.8 Å². The molecule has 0 fully saturated rings. The van der Waals surface area contributed by atoms with E-state index in [0.29, 0.717) is 37.4 Å². The van der Waals surface area contributed by atoms with Crippen molar-refractivity contribution in [2.75, 3.05) is 44.3 Å². The van der Waals surface area contributed by atoms with E-state index in [-0.39, 0.29) is 65.6 Å². The summed E-state index contributed by atoms with van der Waals surface area (Å²) >= 11 is 0. The topological polar surface area (TPSA) is 177 Å². The molecular weight excluding hydrogens is 873 g/mol. The molecule has 16 nitrogen and oxygen atoms in total. The summed E-state index contributed by atoms with van der Waals surface area (Å²) in [5.74, 6) is 0.00171. The number of aliphatic hydroxyl groups excluding tert-OH is 1. The molecule has 5 aromatic rings. The van der Waals surface area contributed by atoms with Crippen molar-refractivity contribution in [2.45, 2.75) is 57.1 Å². The molecule has 4 aliphatic rings. The van der Waals surface area contributed by atoms with Gasteiger partial charge in [-0.25, -0.2) is 19.4 Å². The zero-order chi connectivity index (χ0) is 48.1. The lowest BCUT2D eigenvalue weighted by atomic mass is 9.92. The van der Waals surface area contributed by atoms with E-state index in [0.717, 1.165) is 32.7 Å². The standard InChI is InChI=1S/C29H28N2O6.C23H24N2O6/c1-3-13-36-29(34)31-23-16-26(37-18-19-9-5-4-6-10-19)25(35-2)15-22(23)27(32)30-17-21-12-8-7-11-20(21)14-24(30)28(31)33;1-4-9-31-23(28)25-17-12-19(26)20(29-2)11-16(17)21(27)24-13-15-8-6-5-7-14(15)10-18(24)22(25)30-3/h3-12,15-16,24,28,33H,1,13-14,17-18H2,2H3;4-8,11-12,18,22,26H,1,9-10,13H2,2-3H3/t24-,28?;18-,22?/m00/s1. The number of phenols is 1. The molecule has 0 saturated carbocycles. The van der Waals surface area contributed by atoms with Gasteiger partial charge < -0.3 is 48.4 Å². The van der Waals surface area contributed by atoms with Gasteiger partial charge in [-0.3, -0.25) is 9.59 Å². The molecule has 4 aliphatic heterocycles. The van der Waals surface area contributed by atoms with Gasteiger partial charge >= 0.3 is 12.2 Å². The van der Waals surface area contributed by atoms with E-state index in [2.05, 4.69) is 13.2 Å². The van der Waals surface area contributed by atoms with Crippen molar-refractivity contribution in [3.63, 3.8) is 0 Å². The quantitative estimate of drug-likeness (QED) is 0.133. The summed E-state index contributed by atoms with van der Waals surface area (Å²) in [6.45, 7) is 8.04.